The number of rotatable bonds is 9. The highest BCUT2D eigenvalue weighted by molar-refractivity contribution is 6.99. The Morgan fingerprint density at radius 1 is 0.828 bits per heavy atom. The molecule has 0 spiro atoms. The van der Waals surface area contributed by atoms with E-state index in [9.17, 15) is 15.3 Å². The lowest BCUT2D eigenvalue weighted by Crippen LogP contribution is -2.66. The van der Waals surface area contributed by atoms with E-state index in [2.05, 4.69) is 45.0 Å². The van der Waals surface area contributed by atoms with Crippen molar-refractivity contribution in [1.82, 2.24) is 0 Å². The molecule has 0 aromatic heterocycles. The third-order valence-corrected chi connectivity index (χ3v) is 10.8. The van der Waals surface area contributed by atoms with Gasteiger partial charge in [-0.25, -0.2) is 0 Å². The zero-order valence-electron chi connectivity index (χ0n) is 18.2. The molecule has 0 radical (unpaired) electrons. The molecule has 0 amide bonds. The maximum Gasteiger partial charge on any atom is 0.261 e. The molecule has 0 bridgehead atoms. The van der Waals surface area contributed by atoms with E-state index < -0.39 is 32.5 Å². The van der Waals surface area contributed by atoms with Gasteiger partial charge in [0.1, 0.15) is 0 Å². The summed E-state index contributed by atoms with van der Waals surface area (Å²) in [5.41, 5.74) is 0. The molecule has 4 atom stereocenters. The molecule has 5 heteroatoms. The molecule has 2 rings (SSSR count). The lowest BCUT2D eigenvalue weighted by Gasteiger charge is -2.43. The Bertz CT molecular complexity index is 688. The molecule has 0 heterocycles. The van der Waals surface area contributed by atoms with Crippen LogP contribution in [-0.2, 0) is 4.43 Å². The van der Waals surface area contributed by atoms with Crippen LogP contribution in [0.1, 0.15) is 41.0 Å². The van der Waals surface area contributed by atoms with E-state index in [1.165, 1.54) is 17.3 Å². The second kappa shape index (κ2) is 10.0. The normalized spacial score (nSPS) is 16.8. The van der Waals surface area contributed by atoms with Gasteiger partial charge in [-0.3, -0.25) is 0 Å². The molecule has 0 aliphatic carbocycles. The van der Waals surface area contributed by atoms with Crippen molar-refractivity contribution in [2.45, 2.75) is 64.4 Å². The molecule has 0 aliphatic rings. The Morgan fingerprint density at radius 3 is 1.66 bits per heavy atom. The number of benzene rings is 2. The molecule has 2 aromatic rings. The van der Waals surface area contributed by atoms with Gasteiger partial charge >= 0.3 is 0 Å². The zero-order chi connectivity index (χ0) is 21.7. The minimum absolute atomic E-state index is 0.120. The number of aliphatic hydroxyl groups is 3. The van der Waals surface area contributed by atoms with Gasteiger partial charge in [0, 0.05) is 12.5 Å². The van der Waals surface area contributed by atoms with Crippen LogP contribution in [0.15, 0.2) is 60.7 Å². The minimum Gasteiger partial charge on any atom is -0.407 e. The first kappa shape index (κ1) is 23.8. The van der Waals surface area contributed by atoms with Gasteiger partial charge in [0.25, 0.3) is 8.32 Å². The second-order valence-electron chi connectivity index (χ2n) is 8.96. The summed E-state index contributed by atoms with van der Waals surface area (Å²) < 4.78 is 6.76. The highest BCUT2D eigenvalue weighted by Crippen LogP contribution is 2.37. The largest absolute Gasteiger partial charge is 0.407 e. The average molecular weight is 417 g/mol. The van der Waals surface area contributed by atoms with Crippen LogP contribution >= 0.6 is 0 Å². The zero-order valence-corrected chi connectivity index (χ0v) is 19.2. The van der Waals surface area contributed by atoms with Crippen LogP contribution in [0.2, 0.25) is 5.04 Å². The van der Waals surface area contributed by atoms with E-state index in [1.807, 2.05) is 36.4 Å². The van der Waals surface area contributed by atoms with Gasteiger partial charge in [0.05, 0.1) is 18.3 Å². The molecule has 0 unspecified atom stereocenters. The minimum atomic E-state index is -2.62. The summed E-state index contributed by atoms with van der Waals surface area (Å²) in [6.07, 6.45) is -2.19. The predicted octanol–water partition coefficient (Wildman–Crippen LogP) is 2.69. The molecule has 2 aromatic carbocycles. The molecule has 3 N–H and O–H groups in total. The van der Waals surface area contributed by atoms with Gasteiger partial charge < -0.3 is 19.7 Å². The lowest BCUT2D eigenvalue weighted by atomic mass is 9.93. The molecular weight excluding hydrogens is 380 g/mol. The molecule has 0 saturated heterocycles. The van der Waals surface area contributed by atoms with E-state index in [0.717, 1.165) is 0 Å². The summed E-state index contributed by atoms with van der Waals surface area (Å²) in [4.78, 5) is 0. The highest BCUT2D eigenvalue weighted by Gasteiger charge is 2.50. The van der Waals surface area contributed by atoms with Crippen molar-refractivity contribution in [3.63, 3.8) is 0 Å². The van der Waals surface area contributed by atoms with E-state index in [0.29, 0.717) is 13.0 Å². The Kier molecular flexibility index (Phi) is 8.20. The van der Waals surface area contributed by atoms with E-state index in [4.69, 9.17) is 4.43 Å². The monoisotopic (exact) mass is 416 g/mol. The Labute approximate surface area is 176 Å². The van der Waals surface area contributed by atoms with Crippen LogP contribution in [0.25, 0.3) is 0 Å². The number of hydrogen-bond acceptors (Lipinski definition) is 4. The van der Waals surface area contributed by atoms with Crippen molar-refractivity contribution in [2.75, 3.05) is 6.61 Å². The van der Waals surface area contributed by atoms with Crippen molar-refractivity contribution >= 4 is 18.7 Å². The number of hydrogen-bond donors (Lipinski definition) is 3. The fourth-order valence-electron chi connectivity index (χ4n) is 4.02. The Morgan fingerprint density at radius 2 is 1.28 bits per heavy atom. The maximum atomic E-state index is 10.5. The van der Waals surface area contributed by atoms with Crippen LogP contribution in [0.5, 0.6) is 0 Å². The van der Waals surface area contributed by atoms with Gasteiger partial charge in [0.2, 0.25) is 0 Å². The van der Waals surface area contributed by atoms with Crippen LogP contribution in [0, 0.1) is 5.92 Å². The third-order valence-electron chi connectivity index (χ3n) is 5.79. The van der Waals surface area contributed by atoms with E-state index in [1.54, 1.807) is 6.92 Å². The Hall–Kier alpha value is -1.50. The van der Waals surface area contributed by atoms with Crippen LogP contribution in [0.4, 0.5) is 0 Å². The number of aliphatic hydroxyl groups excluding tert-OH is 3. The SMILES string of the molecule is C[C@H]([C@H](O)[C@@H](C)O)[C@H](O)CCO[Si](c1ccccc1)(c1ccccc1)C(C)(C)C. The highest BCUT2D eigenvalue weighted by atomic mass is 28.4. The summed E-state index contributed by atoms with van der Waals surface area (Å²) in [5, 5.41) is 32.5. The molecule has 0 fully saturated rings. The van der Waals surface area contributed by atoms with Crippen molar-refractivity contribution in [1.29, 1.82) is 0 Å². The summed E-state index contributed by atoms with van der Waals surface area (Å²) in [6.45, 7) is 10.3. The van der Waals surface area contributed by atoms with Gasteiger partial charge in [-0.05, 0) is 28.8 Å². The predicted molar refractivity (Wildman–Crippen MR) is 121 cm³/mol. The average Bonchev–Trinajstić information content (AvgIpc) is 2.70. The van der Waals surface area contributed by atoms with E-state index in [-0.39, 0.29) is 5.04 Å². The molecule has 0 saturated carbocycles. The molecule has 29 heavy (non-hydrogen) atoms. The standard InChI is InChI=1S/C24H36O4Si/c1-18(23(27)19(2)25)22(26)16-17-28-29(24(3,4)5,20-12-8-6-9-13-20)21-14-10-7-11-15-21/h6-15,18-19,22-23,25-27H,16-17H2,1-5H3/t18-,19+,22+,23-/m0/s1. The van der Waals surface area contributed by atoms with Gasteiger partial charge in [-0.2, -0.15) is 0 Å². The summed E-state index contributed by atoms with van der Waals surface area (Å²) >= 11 is 0. The first-order valence-electron chi connectivity index (χ1n) is 10.4. The first-order valence-corrected chi connectivity index (χ1v) is 12.3. The molecule has 160 valence electrons. The summed E-state index contributed by atoms with van der Waals surface area (Å²) in [6, 6.07) is 20.8. The van der Waals surface area contributed by atoms with Crippen LogP contribution in [-0.4, -0.2) is 48.6 Å². The second-order valence-corrected chi connectivity index (χ2v) is 13.3. The van der Waals surface area contributed by atoms with Crippen LogP contribution in [0.3, 0.4) is 0 Å². The first-order chi connectivity index (χ1) is 13.6. The van der Waals surface area contributed by atoms with Crippen molar-refractivity contribution in [2.24, 2.45) is 5.92 Å². The fraction of sp³-hybridized carbons (Fsp3) is 0.500. The quantitative estimate of drug-likeness (QED) is 0.550. The maximum absolute atomic E-state index is 10.5. The summed E-state index contributed by atoms with van der Waals surface area (Å²) in [7, 11) is -2.62. The smallest absolute Gasteiger partial charge is 0.261 e. The van der Waals surface area contributed by atoms with Crippen molar-refractivity contribution in [3.8, 4) is 0 Å². The van der Waals surface area contributed by atoms with E-state index >= 15 is 0 Å². The van der Waals surface area contributed by atoms with Crippen LogP contribution < -0.4 is 10.4 Å². The van der Waals surface area contributed by atoms with Crippen molar-refractivity contribution < 1.29 is 19.7 Å². The lowest BCUT2D eigenvalue weighted by molar-refractivity contribution is -0.0485. The van der Waals surface area contributed by atoms with Gasteiger partial charge in [-0.15, -0.1) is 0 Å². The molecule has 0 aliphatic heterocycles. The molecule has 4 nitrogen and oxygen atoms in total. The Balaban J connectivity index is 2.32. The van der Waals surface area contributed by atoms with Crippen molar-refractivity contribution in [3.05, 3.63) is 60.7 Å². The molecular formula is C24H36O4Si. The topological polar surface area (TPSA) is 69.9 Å². The van der Waals surface area contributed by atoms with Gasteiger partial charge in [0.15, 0.2) is 0 Å². The summed E-state index contributed by atoms with van der Waals surface area (Å²) in [5.74, 6) is -0.433. The fourth-order valence-corrected chi connectivity index (χ4v) is 8.60. The van der Waals surface area contributed by atoms with Gasteiger partial charge in [-0.1, -0.05) is 88.4 Å². The third kappa shape index (κ3) is 5.35.